The van der Waals surface area contributed by atoms with Gasteiger partial charge in [-0.3, -0.25) is 0 Å². The Morgan fingerprint density at radius 3 is 2.45 bits per heavy atom. The van der Waals surface area contributed by atoms with E-state index in [0.717, 1.165) is 16.9 Å². The van der Waals surface area contributed by atoms with Crippen molar-refractivity contribution >= 4 is 15.8 Å². The number of nitrogens with zero attached hydrogens (tertiary/aromatic N) is 5. The van der Waals surface area contributed by atoms with Crippen LogP contribution in [0.5, 0.6) is 0 Å². The Morgan fingerprint density at radius 2 is 1.77 bits per heavy atom. The Balaban J connectivity index is 1.54. The maximum atomic E-state index is 13.2. The highest BCUT2D eigenvalue weighted by Crippen LogP contribution is 2.30. The summed E-state index contributed by atoms with van der Waals surface area (Å²) in [7, 11) is -3.53. The molecule has 0 spiro atoms. The van der Waals surface area contributed by atoms with Gasteiger partial charge in [0, 0.05) is 38.3 Å². The minimum atomic E-state index is -3.53. The number of hydrogen-bond donors (Lipinski definition) is 0. The Kier molecular flexibility index (Phi) is 6.06. The van der Waals surface area contributed by atoms with Crippen molar-refractivity contribution in [2.45, 2.75) is 38.0 Å². The van der Waals surface area contributed by atoms with Gasteiger partial charge in [0.2, 0.25) is 15.9 Å². The van der Waals surface area contributed by atoms with E-state index in [1.165, 1.54) is 0 Å². The molecule has 0 radical (unpaired) electrons. The van der Waals surface area contributed by atoms with E-state index in [1.54, 1.807) is 22.6 Å². The van der Waals surface area contributed by atoms with Crippen molar-refractivity contribution in [1.82, 2.24) is 19.5 Å². The van der Waals surface area contributed by atoms with E-state index in [0.29, 0.717) is 49.3 Å². The van der Waals surface area contributed by atoms with Gasteiger partial charge in [-0.25, -0.2) is 13.4 Å². The van der Waals surface area contributed by atoms with Gasteiger partial charge < -0.3 is 9.32 Å². The molecular formula is C22H27N5O3S. The maximum Gasteiger partial charge on any atom is 0.251 e. The van der Waals surface area contributed by atoms with Crippen molar-refractivity contribution in [3.8, 4) is 11.5 Å². The molecule has 0 saturated carbocycles. The van der Waals surface area contributed by atoms with E-state index < -0.39 is 10.0 Å². The van der Waals surface area contributed by atoms with Crippen molar-refractivity contribution in [3.63, 3.8) is 0 Å². The molecule has 0 amide bonds. The molecule has 1 saturated heterocycles. The predicted molar refractivity (Wildman–Crippen MR) is 118 cm³/mol. The van der Waals surface area contributed by atoms with Crippen LogP contribution in [0.25, 0.3) is 11.5 Å². The summed E-state index contributed by atoms with van der Waals surface area (Å²) in [6, 6.07) is 11.0. The van der Waals surface area contributed by atoms with Gasteiger partial charge >= 0.3 is 0 Å². The van der Waals surface area contributed by atoms with Gasteiger partial charge in [-0.1, -0.05) is 39.0 Å². The average Bonchev–Trinajstić information content (AvgIpc) is 3.30. The number of hydrogen-bond acceptors (Lipinski definition) is 7. The Morgan fingerprint density at radius 1 is 1.03 bits per heavy atom. The zero-order valence-corrected chi connectivity index (χ0v) is 18.8. The van der Waals surface area contributed by atoms with Crippen molar-refractivity contribution in [2.75, 3.05) is 31.1 Å². The van der Waals surface area contributed by atoms with E-state index in [1.807, 2.05) is 45.0 Å². The van der Waals surface area contributed by atoms with Crippen LogP contribution in [0.3, 0.4) is 0 Å². The first-order valence-electron chi connectivity index (χ1n) is 10.5. The van der Waals surface area contributed by atoms with Crippen molar-refractivity contribution in [2.24, 2.45) is 0 Å². The quantitative estimate of drug-likeness (QED) is 0.579. The third kappa shape index (κ3) is 4.20. The fourth-order valence-electron chi connectivity index (χ4n) is 3.72. The molecule has 1 fully saturated rings. The van der Waals surface area contributed by atoms with Crippen LogP contribution in [0.15, 0.2) is 51.9 Å². The highest BCUT2D eigenvalue weighted by molar-refractivity contribution is 7.89. The third-order valence-corrected chi connectivity index (χ3v) is 7.46. The lowest BCUT2D eigenvalue weighted by atomic mass is 10.2. The second-order valence-corrected chi connectivity index (χ2v) is 9.73. The van der Waals surface area contributed by atoms with E-state index in [2.05, 4.69) is 20.1 Å². The molecule has 2 aromatic heterocycles. The molecule has 9 heteroatoms. The topological polar surface area (TPSA) is 92.4 Å². The lowest BCUT2D eigenvalue weighted by Gasteiger charge is -2.35. The number of aryl methyl sites for hydroxylation is 1. The lowest BCUT2D eigenvalue weighted by Crippen LogP contribution is -2.49. The zero-order chi connectivity index (χ0) is 22.0. The fourth-order valence-corrected chi connectivity index (χ4v) is 5.44. The standard InChI is InChI=1S/C22H27N5O3S/c1-4-17-8-5-6-10-19(17)31(28,29)27-14-12-26(13-15-27)20-18(9-7-11-23-20)22-25-24-21(30-22)16(2)3/h5-11,16H,4,12-15H2,1-3H3. The lowest BCUT2D eigenvalue weighted by molar-refractivity contribution is 0.383. The molecule has 0 N–H and O–H groups in total. The molecule has 1 aliphatic heterocycles. The van der Waals surface area contributed by atoms with Crippen LogP contribution in [0, 0.1) is 0 Å². The minimum Gasteiger partial charge on any atom is -0.420 e. The summed E-state index contributed by atoms with van der Waals surface area (Å²) in [5.74, 6) is 1.88. The first kappa shape index (κ1) is 21.5. The van der Waals surface area contributed by atoms with Gasteiger partial charge in [0.25, 0.3) is 5.89 Å². The van der Waals surface area contributed by atoms with Gasteiger partial charge in [0.1, 0.15) is 5.82 Å². The summed E-state index contributed by atoms with van der Waals surface area (Å²) in [6.07, 6.45) is 2.40. The van der Waals surface area contributed by atoms with Gasteiger partial charge in [0.15, 0.2) is 0 Å². The Bertz CT molecular complexity index is 1150. The summed E-state index contributed by atoms with van der Waals surface area (Å²) in [6.45, 7) is 7.80. The number of pyridine rings is 1. The molecule has 0 unspecified atom stereocenters. The summed E-state index contributed by atoms with van der Waals surface area (Å²) >= 11 is 0. The third-order valence-electron chi connectivity index (χ3n) is 5.46. The largest absolute Gasteiger partial charge is 0.420 e. The SMILES string of the molecule is CCc1ccccc1S(=O)(=O)N1CCN(c2ncccc2-c2nnc(C(C)C)o2)CC1. The second kappa shape index (κ2) is 8.76. The number of sulfonamides is 1. The average molecular weight is 442 g/mol. The predicted octanol–water partition coefficient (Wildman–Crippen LogP) is 3.33. The van der Waals surface area contributed by atoms with E-state index in [9.17, 15) is 8.42 Å². The number of rotatable bonds is 6. The smallest absolute Gasteiger partial charge is 0.251 e. The highest BCUT2D eigenvalue weighted by Gasteiger charge is 2.31. The van der Waals surface area contributed by atoms with Gasteiger partial charge in [-0.15, -0.1) is 10.2 Å². The molecule has 1 aliphatic rings. The van der Waals surface area contributed by atoms with Gasteiger partial charge in [0.05, 0.1) is 10.5 Å². The summed E-state index contributed by atoms with van der Waals surface area (Å²) < 4.78 is 33.8. The van der Waals surface area contributed by atoms with Gasteiger partial charge in [-0.2, -0.15) is 4.31 Å². The first-order valence-corrected chi connectivity index (χ1v) is 12.0. The monoisotopic (exact) mass is 441 g/mol. The van der Waals surface area contributed by atoms with Crippen LogP contribution in [0.2, 0.25) is 0 Å². The Labute approximate surface area is 183 Å². The molecule has 4 rings (SSSR count). The van der Waals surface area contributed by atoms with Crippen LogP contribution in [0.1, 0.15) is 38.1 Å². The fraction of sp³-hybridized carbons (Fsp3) is 0.409. The van der Waals surface area contributed by atoms with E-state index >= 15 is 0 Å². The van der Waals surface area contributed by atoms with Crippen molar-refractivity contribution in [3.05, 3.63) is 54.0 Å². The Hall–Kier alpha value is -2.78. The number of piperazine rings is 1. The molecule has 164 valence electrons. The van der Waals surface area contributed by atoms with Crippen LogP contribution in [-0.2, 0) is 16.4 Å². The summed E-state index contributed by atoms with van der Waals surface area (Å²) in [5, 5.41) is 8.31. The molecule has 1 aromatic carbocycles. The molecule has 3 heterocycles. The summed E-state index contributed by atoms with van der Waals surface area (Å²) in [5.41, 5.74) is 1.60. The zero-order valence-electron chi connectivity index (χ0n) is 18.0. The molecule has 8 nitrogen and oxygen atoms in total. The second-order valence-electron chi connectivity index (χ2n) is 7.83. The number of aromatic nitrogens is 3. The molecule has 0 aliphatic carbocycles. The van der Waals surface area contributed by atoms with Crippen LogP contribution in [-0.4, -0.2) is 54.1 Å². The number of anilines is 1. The van der Waals surface area contributed by atoms with Crippen LogP contribution >= 0.6 is 0 Å². The normalized spacial score (nSPS) is 15.5. The van der Waals surface area contributed by atoms with E-state index in [4.69, 9.17) is 4.42 Å². The number of benzene rings is 1. The molecule has 0 bridgehead atoms. The summed E-state index contributed by atoms with van der Waals surface area (Å²) in [4.78, 5) is 7.01. The molecule has 3 aromatic rings. The van der Waals surface area contributed by atoms with E-state index in [-0.39, 0.29) is 5.92 Å². The van der Waals surface area contributed by atoms with Gasteiger partial charge in [-0.05, 0) is 30.2 Å². The van der Waals surface area contributed by atoms with Crippen molar-refractivity contribution in [1.29, 1.82) is 0 Å². The molecule has 0 atom stereocenters. The minimum absolute atomic E-state index is 0.140. The molecular weight excluding hydrogens is 414 g/mol. The maximum absolute atomic E-state index is 13.2. The highest BCUT2D eigenvalue weighted by atomic mass is 32.2. The van der Waals surface area contributed by atoms with Crippen LogP contribution in [0.4, 0.5) is 5.82 Å². The van der Waals surface area contributed by atoms with Crippen LogP contribution < -0.4 is 4.90 Å². The van der Waals surface area contributed by atoms with Crippen molar-refractivity contribution < 1.29 is 12.8 Å². The molecule has 31 heavy (non-hydrogen) atoms. The first-order chi connectivity index (χ1) is 14.9.